The van der Waals surface area contributed by atoms with Crippen LogP contribution in [0.4, 0.5) is 0 Å². The second kappa shape index (κ2) is 3.97. The van der Waals surface area contributed by atoms with Gasteiger partial charge in [0.2, 0.25) is 0 Å². The van der Waals surface area contributed by atoms with E-state index in [4.69, 9.17) is 0 Å². The summed E-state index contributed by atoms with van der Waals surface area (Å²) in [5.74, 6) is 0.953. The Morgan fingerprint density at radius 1 is 0.923 bits per heavy atom. The summed E-state index contributed by atoms with van der Waals surface area (Å²) in [5.41, 5.74) is 0. The molecule has 0 aromatic heterocycles. The Bertz CT molecular complexity index is 161. The van der Waals surface area contributed by atoms with Crippen molar-refractivity contribution in [2.75, 3.05) is 19.6 Å². The standard InChI is InChI=1S/C11H22N2/c1-10-5-8-12(9-6-10)13-7-3-4-11(13)2/h10-11H,3-9H2,1-2H3. The minimum absolute atomic E-state index is 0.799. The lowest BCUT2D eigenvalue weighted by Gasteiger charge is -2.39. The van der Waals surface area contributed by atoms with Crippen molar-refractivity contribution >= 4 is 0 Å². The maximum atomic E-state index is 2.60. The molecule has 2 aliphatic rings. The largest absolute Gasteiger partial charge is 0.242 e. The number of hydrogen-bond donors (Lipinski definition) is 0. The van der Waals surface area contributed by atoms with E-state index in [1.165, 1.54) is 45.3 Å². The van der Waals surface area contributed by atoms with E-state index in [9.17, 15) is 0 Å². The van der Waals surface area contributed by atoms with Crippen LogP contribution in [0.3, 0.4) is 0 Å². The van der Waals surface area contributed by atoms with E-state index >= 15 is 0 Å². The van der Waals surface area contributed by atoms with Gasteiger partial charge in [-0.15, -0.1) is 0 Å². The smallest absolute Gasteiger partial charge is 0.0218 e. The average molecular weight is 182 g/mol. The van der Waals surface area contributed by atoms with Crippen molar-refractivity contribution in [2.24, 2.45) is 5.92 Å². The highest BCUT2D eigenvalue weighted by Crippen LogP contribution is 2.24. The Balaban J connectivity index is 1.86. The van der Waals surface area contributed by atoms with Crippen LogP contribution in [-0.2, 0) is 0 Å². The molecule has 2 fully saturated rings. The molecule has 2 rings (SSSR count). The van der Waals surface area contributed by atoms with Gasteiger partial charge in [0.1, 0.15) is 0 Å². The molecular weight excluding hydrogens is 160 g/mol. The molecule has 0 aliphatic carbocycles. The maximum absolute atomic E-state index is 2.60. The van der Waals surface area contributed by atoms with Crippen LogP contribution in [-0.4, -0.2) is 35.7 Å². The summed E-state index contributed by atoms with van der Waals surface area (Å²) in [7, 11) is 0. The molecule has 0 bridgehead atoms. The van der Waals surface area contributed by atoms with E-state index in [1.807, 2.05) is 0 Å². The van der Waals surface area contributed by atoms with Gasteiger partial charge in [-0.2, -0.15) is 0 Å². The van der Waals surface area contributed by atoms with Crippen LogP contribution in [0, 0.1) is 5.92 Å². The van der Waals surface area contributed by atoms with Crippen LogP contribution in [0.25, 0.3) is 0 Å². The maximum Gasteiger partial charge on any atom is 0.0218 e. The third-order valence-corrected chi connectivity index (χ3v) is 3.64. The molecule has 76 valence electrons. The molecule has 1 atom stereocenters. The van der Waals surface area contributed by atoms with Gasteiger partial charge >= 0.3 is 0 Å². The molecule has 0 spiro atoms. The zero-order valence-corrected chi connectivity index (χ0v) is 9.00. The summed E-state index contributed by atoms with van der Waals surface area (Å²) in [6.45, 7) is 8.64. The highest BCUT2D eigenvalue weighted by Gasteiger charge is 2.27. The average Bonchev–Trinajstić information content (AvgIpc) is 2.53. The number of piperidine rings is 1. The molecular formula is C11H22N2. The normalized spacial score (nSPS) is 34.2. The van der Waals surface area contributed by atoms with E-state index in [0.717, 1.165) is 12.0 Å². The van der Waals surface area contributed by atoms with Crippen molar-refractivity contribution in [1.29, 1.82) is 0 Å². The van der Waals surface area contributed by atoms with Crippen molar-refractivity contribution in [2.45, 2.75) is 45.6 Å². The van der Waals surface area contributed by atoms with Crippen molar-refractivity contribution in [3.8, 4) is 0 Å². The summed E-state index contributed by atoms with van der Waals surface area (Å²) >= 11 is 0. The Labute approximate surface area is 81.9 Å². The van der Waals surface area contributed by atoms with Crippen LogP contribution < -0.4 is 0 Å². The highest BCUT2D eigenvalue weighted by molar-refractivity contribution is 4.76. The molecule has 0 aromatic rings. The van der Waals surface area contributed by atoms with Crippen LogP contribution in [0.2, 0.25) is 0 Å². The fourth-order valence-electron chi connectivity index (χ4n) is 2.59. The van der Waals surface area contributed by atoms with Gasteiger partial charge in [0.25, 0.3) is 0 Å². The van der Waals surface area contributed by atoms with Gasteiger partial charge in [0.05, 0.1) is 0 Å². The number of nitrogens with zero attached hydrogens (tertiary/aromatic N) is 2. The molecule has 0 aromatic carbocycles. The van der Waals surface area contributed by atoms with E-state index in [0.29, 0.717) is 0 Å². The molecule has 2 saturated heterocycles. The third-order valence-electron chi connectivity index (χ3n) is 3.64. The Kier molecular flexibility index (Phi) is 2.89. The zero-order chi connectivity index (χ0) is 9.26. The first-order chi connectivity index (χ1) is 6.27. The third kappa shape index (κ3) is 2.05. The van der Waals surface area contributed by atoms with E-state index in [-0.39, 0.29) is 0 Å². The lowest BCUT2D eigenvalue weighted by molar-refractivity contribution is -0.0532. The Morgan fingerprint density at radius 2 is 1.62 bits per heavy atom. The molecule has 2 heterocycles. The van der Waals surface area contributed by atoms with E-state index in [2.05, 4.69) is 23.9 Å². The number of hydrazine groups is 1. The monoisotopic (exact) mass is 182 g/mol. The van der Waals surface area contributed by atoms with Crippen LogP contribution in [0.5, 0.6) is 0 Å². The predicted molar refractivity (Wildman–Crippen MR) is 55.4 cm³/mol. The highest BCUT2D eigenvalue weighted by atomic mass is 15.6. The quantitative estimate of drug-likeness (QED) is 0.613. The van der Waals surface area contributed by atoms with Gasteiger partial charge in [-0.25, -0.2) is 10.0 Å². The molecule has 2 aliphatic heterocycles. The first-order valence-corrected chi connectivity index (χ1v) is 5.79. The summed E-state index contributed by atoms with van der Waals surface area (Å²) in [4.78, 5) is 0. The lowest BCUT2D eigenvalue weighted by Crippen LogP contribution is -2.48. The molecule has 13 heavy (non-hydrogen) atoms. The fraction of sp³-hybridized carbons (Fsp3) is 1.00. The molecule has 2 nitrogen and oxygen atoms in total. The second-order valence-corrected chi connectivity index (χ2v) is 4.79. The van der Waals surface area contributed by atoms with Gasteiger partial charge in [-0.3, -0.25) is 0 Å². The van der Waals surface area contributed by atoms with Gasteiger partial charge < -0.3 is 0 Å². The van der Waals surface area contributed by atoms with Crippen LogP contribution >= 0.6 is 0 Å². The summed E-state index contributed by atoms with van der Waals surface area (Å²) in [6, 6.07) is 0.799. The topological polar surface area (TPSA) is 6.48 Å². The summed E-state index contributed by atoms with van der Waals surface area (Å²) in [5, 5.41) is 5.20. The van der Waals surface area contributed by atoms with Crippen LogP contribution in [0.15, 0.2) is 0 Å². The molecule has 0 saturated carbocycles. The molecule has 0 amide bonds. The van der Waals surface area contributed by atoms with Gasteiger partial charge in [0.15, 0.2) is 0 Å². The Morgan fingerprint density at radius 3 is 2.15 bits per heavy atom. The van der Waals surface area contributed by atoms with E-state index < -0.39 is 0 Å². The molecule has 2 heteroatoms. The molecule has 0 N–H and O–H groups in total. The van der Waals surface area contributed by atoms with Crippen molar-refractivity contribution < 1.29 is 0 Å². The van der Waals surface area contributed by atoms with Crippen molar-refractivity contribution in [1.82, 2.24) is 10.0 Å². The lowest BCUT2D eigenvalue weighted by atomic mass is 10.0. The summed E-state index contributed by atoms with van der Waals surface area (Å²) < 4.78 is 0. The Hall–Kier alpha value is -0.0800. The van der Waals surface area contributed by atoms with Crippen LogP contribution in [0.1, 0.15) is 39.5 Å². The van der Waals surface area contributed by atoms with Gasteiger partial charge in [-0.05, 0) is 38.5 Å². The van der Waals surface area contributed by atoms with Gasteiger partial charge in [0, 0.05) is 25.7 Å². The second-order valence-electron chi connectivity index (χ2n) is 4.79. The van der Waals surface area contributed by atoms with Crippen molar-refractivity contribution in [3.05, 3.63) is 0 Å². The zero-order valence-electron chi connectivity index (χ0n) is 9.00. The first kappa shape index (κ1) is 9.47. The van der Waals surface area contributed by atoms with E-state index in [1.54, 1.807) is 0 Å². The van der Waals surface area contributed by atoms with Crippen molar-refractivity contribution in [3.63, 3.8) is 0 Å². The predicted octanol–water partition coefficient (Wildman–Crippen LogP) is 2.12. The number of rotatable bonds is 1. The summed E-state index contributed by atoms with van der Waals surface area (Å²) in [6.07, 6.45) is 5.58. The fourth-order valence-corrected chi connectivity index (χ4v) is 2.59. The molecule has 1 unspecified atom stereocenters. The minimum atomic E-state index is 0.799. The minimum Gasteiger partial charge on any atom is -0.242 e. The molecule has 0 radical (unpaired) electrons. The van der Waals surface area contributed by atoms with Gasteiger partial charge in [-0.1, -0.05) is 6.92 Å². The number of hydrogen-bond acceptors (Lipinski definition) is 2. The first-order valence-electron chi connectivity index (χ1n) is 5.79. The SMILES string of the molecule is CC1CCN(N2CCCC2C)CC1.